The van der Waals surface area contributed by atoms with E-state index in [1.54, 1.807) is 20.8 Å². The molecular weight excluding hydrogens is 432 g/mol. The molecule has 174 valence electrons. The lowest BCUT2D eigenvalue weighted by Crippen LogP contribution is -2.54. The summed E-state index contributed by atoms with van der Waals surface area (Å²) >= 11 is 5.79. The molecule has 0 bridgehead atoms. The summed E-state index contributed by atoms with van der Waals surface area (Å²) in [6.45, 7) is 6.49. The zero-order valence-electron chi connectivity index (χ0n) is 18.1. The number of ether oxygens (including phenoxy) is 2. The first kappa shape index (κ1) is 25.5. The van der Waals surface area contributed by atoms with Gasteiger partial charge in [-0.2, -0.15) is 4.72 Å². The van der Waals surface area contributed by atoms with E-state index in [0.717, 1.165) is 32.0 Å². The molecule has 1 aliphatic heterocycles. The van der Waals surface area contributed by atoms with Crippen LogP contribution in [-0.4, -0.2) is 67.8 Å². The van der Waals surface area contributed by atoms with E-state index in [2.05, 4.69) is 4.72 Å². The molecular formula is C20H35ClN2O6S. The van der Waals surface area contributed by atoms with E-state index in [9.17, 15) is 18.0 Å². The van der Waals surface area contributed by atoms with Crippen LogP contribution in [0.15, 0.2) is 0 Å². The highest BCUT2D eigenvalue weighted by Gasteiger charge is 2.39. The van der Waals surface area contributed by atoms with Crippen molar-refractivity contribution in [1.82, 2.24) is 9.62 Å². The number of carbonyl (C=O) groups is 2. The van der Waals surface area contributed by atoms with E-state index in [0.29, 0.717) is 25.9 Å². The number of aldehydes is 1. The monoisotopic (exact) mass is 466 g/mol. The lowest BCUT2D eigenvalue weighted by atomic mass is 9.88. The summed E-state index contributed by atoms with van der Waals surface area (Å²) in [4.78, 5) is 25.5. The van der Waals surface area contributed by atoms with Crippen molar-refractivity contribution in [3.05, 3.63) is 0 Å². The predicted octanol–water partition coefficient (Wildman–Crippen LogP) is 2.40. The number of esters is 1. The summed E-state index contributed by atoms with van der Waals surface area (Å²) in [5, 5.41) is -1.41. The highest BCUT2D eigenvalue weighted by molar-refractivity contribution is 7.90. The fraction of sp³-hybridized carbons (Fsp3) is 0.900. The maximum atomic E-state index is 13.1. The molecule has 8 nitrogen and oxygen atoms in total. The zero-order chi connectivity index (χ0) is 22.4. The third-order valence-electron chi connectivity index (χ3n) is 5.39. The van der Waals surface area contributed by atoms with Crippen LogP contribution in [0.2, 0.25) is 0 Å². The maximum absolute atomic E-state index is 13.1. The SMILES string of the molecule is CC(C)(C)OC(=O)C(CCCl)S(=O)(=O)NC(OC1CCC(C=O)CC1)N1CCCC1. The summed E-state index contributed by atoms with van der Waals surface area (Å²) in [5.74, 6) is -0.759. The van der Waals surface area contributed by atoms with Gasteiger partial charge >= 0.3 is 5.97 Å². The number of nitrogens with one attached hydrogen (secondary N) is 1. The number of sulfonamides is 1. The number of carbonyl (C=O) groups excluding carboxylic acids is 2. The number of halogens is 1. The highest BCUT2D eigenvalue weighted by atomic mass is 35.5. The van der Waals surface area contributed by atoms with E-state index in [1.165, 1.54) is 0 Å². The topological polar surface area (TPSA) is 102 Å². The van der Waals surface area contributed by atoms with Crippen molar-refractivity contribution in [1.29, 1.82) is 0 Å². The van der Waals surface area contributed by atoms with Gasteiger partial charge in [-0.15, -0.1) is 11.6 Å². The fourth-order valence-corrected chi connectivity index (χ4v) is 5.52. The minimum atomic E-state index is -4.09. The van der Waals surface area contributed by atoms with Gasteiger partial charge in [-0.25, -0.2) is 8.42 Å². The quantitative estimate of drug-likeness (QED) is 0.228. The summed E-state index contributed by atoms with van der Waals surface area (Å²) in [6.07, 6.45) is 4.73. The smallest absolute Gasteiger partial charge is 0.326 e. The second kappa shape index (κ2) is 11.2. The van der Waals surface area contributed by atoms with E-state index in [4.69, 9.17) is 21.1 Å². The third kappa shape index (κ3) is 7.75. The van der Waals surface area contributed by atoms with Crippen LogP contribution in [0.5, 0.6) is 0 Å². The van der Waals surface area contributed by atoms with Crippen molar-refractivity contribution in [2.75, 3.05) is 19.0 Å². The van der Waals surface area contributed by atoms with Crippen molar-refractivity contribution < 1.29 is 27.5 Å². The first-order valence-electron chi connectivity index (χ1n) is 10.7. The molecule has 30 heavy (non-hydrogen) atoms. The minimum Gasteiger partial charge on any atom is -0.459 e. The van der Waals surface area contributed by atoms with Gasteiger partial charge in [0.1, 0.15) is 11.9 Å². The Morgan fingerprint density at radius 3 is 2.30 bits per heavy atom. The summed E-state index contributed by atoms with van der Waals surface area (Å²) in [6, 6.07) is 0. The Bertz CT molecular complexity index is 667. The fourth-order valence-electron chi connectivity index (χ4n) is 3.80. The number of rotatable bonds is 10. The largest absolute Gasteiger partial charge is 0.459 e. The Morgan fingerprint density at radius 2 is 1.80 bits per heavy atom. The Labute approximate surface area is 185 Å². The number of likely N-dealkylation sites (tertiary alicyclic amines) is 1. The maximum Gasteiger partial charge on any atom is 0.326 e. The number of nitrogens with zero attached hydrogens (tertiary/aromatic N) is 1. The Kier molecular flexibility index (Phi) is 9.55. The van der Waals surface area contributed by atoms with Crippen LogP contribution in [0, 0.1) is 5.92 Å². The van der Waals surface area contributed by atoms with E-state index < -0.39 is 33.2 Å². The molecule has 0 radical (unpaired) electrons. The van der Waals surface area contributed by atoms with Gasteiger partial charge < -0.3 is 14.3 Å². The molecule has 0 amide bonds. The predicted molar refractivity (Wildman–Crippen MR) is 115 cm³/mol. The minimum absolute atomic E-state index is 0.00969. The molecule has 2 fully saturated rings. The molecule has 0 aromatic heterocycles. The van der Waals surface area contributed by atoms with E-state index in [1.807, 2.05) is 4.90 Å². The van der Waals surface area contributed by atoms with Crippen molar-refractivity contribution in [3.63, 3.8) is 0 Å². The van der Waals surface area contributed by atoms with Gasteiger partial charge in [-0.1, -0.05) is 0 Å². The molecule has 1 heterocycles. The Morgan fingerprint density at radius 1 is 1.20 bits per heavy atom. The first-order chi connectivity index (χ1) is 14.1. The molecule has 1 N–H and O–H groups in total. The van der Waals surface area contributed by atoms with E-state index in [-0.39, 0.29) is 24.3 Å². The Balaban J connectivity index is 2.12. The molecule has 2 unspecified atom stereocenters. The summed E-state index contributed by atoms with van der Waals surface area (Å²) < 4.78 is 40.3. The molecule has 0 spiro atoms. The molecule has 1 saturated carbocycles. The first-order valence-corrected chi connectivity index (χ1v) is 12.8. The van der Waals surface area contributed by atoms with Crippen LogP contribution in [0.4, 0.5) is 0 Å². The molecule has 0 aromatic carbocycles. The van der Waals surface area contributed by atoms with E-state index >= 15 is 0 Å². The highest BCUT2D eigenvalue weighted by Crippen LogP contribution is 2.27. The van der Waals surface area contributed by atoms with Gasteiger partial charge in [0.05, 0.1) is 6.10 Å². The van der Waals surface area contributed by atoms with Crippen LogP contribution in [0.1, 0.15) is 65.7 Å². The molecule has 2 aliphatic rings. The number of alkyl halides is 1. The van der Waals surface area contributed by atoms with Crippen molar-refractivity contribution in [2.45, 2.75) is 89.0 Å². The van der Waals surface area contributed by atoms with Crippen LogP contribution in [0.25, 0.3) is 0 Å². The number of hydrogen-bond donors (Lipinski definition) is 1. The molecule has 10 heteroatoms. The average Bonchev–Trinajstić information content (AvgIpc) is 3.19. The Hall–Kier alpha value is -0.740. The van der Waals surface area contributed by atoms with Gasteiger partial charge in [0.2, 0.25) is 10.0 Å². The van der Waals surface area contributed by atoms with Crippen molar-refractivity contribution in [2.24, 2.45) is 5.92 Å². The second-order valence-electron chi connectivity index (χ2n) is 9.07. The van der Waals surface area contributed by atoms with Gasteiger partial charge in [0, 0.05) is 24.9 Å². The molecule has 2 atom stereocenters. The van der Waals surface area contributed by atoms with Crippen LogP contribution >= 0.6 is 11.6 Å². The van der Waals surface area contributed by atoms with Gasteiger partial charge in [0.25, 0.3) is 0 Å². The van der Waals surface area contributed by atoms with Crippen LogP contribution in [0.3, 0.4) is 0 Å². The van der Waals surface area contributed by atoms with Gasteiger partial charge in [-0.3, -0.25) is 9.69 Å². The lowest BCUT2D eigenvalue weighted by Gasteiger charge is -2.35. The van der Waals surface area contributed by atoms with Crippen LogP contribution < -0.4 is 4.72 Å². The van der Waals surface area contributed by atoms with Crippen molar-refractivity contribution >= 4 is 33.9 Å². The lowest BCUT2D eigenvalue weighted by molar-refractivity contribution is -0.154. The van der Waals surface area contributed by atoms with Gasteiger partial charge in [0.15, 0.2) is 11.6 Å². The average molecular weight is 467 g/mol. The van der Waals surface area contributed by atoms with Gasteiger partial charge in [-0.05, 0) is 65.7 Å². The molecule has 1 aliphatic carbocycles. The number of hydrogen-bond acceptors (Lipinski definition) is 7. The zero-order valence-corrected chi connectivity index (χ0v) is 19.7. The standard InChI is InChI=1S/C20H35ClN2O6S/c1-20(2,3)29-18(25)17(10-11-21)30(26,27)22-19(23-12-4-5-13-23)28-16-8-6-15(14-24)7-9-16/h14-17,19,22H,4-13H2,1-3H3. The molecule has 2 rings (SSSR count). The molecule has 0 aromatic rings. The normalized spacial score (nSPS) is 25.6. The second-order valence-corrected chi connectivity index (χ2v) is 11.3. The van der Waals surface area contributed by atoms with Crippen molar-refractivity contribution in [3.8, 4) is 0 Å². The summed E-state index contributed by atoms with van der Waals surface area (Å²) in [7, 11) is -4.09. The van der Waals surface area contributed by atoms with Crippen LogP contribution in [-0.2, 0) is 29.1 Å². The summed E-state index contributed by atoms with van der Waals surface area (Å²) in [5.41, 5.74) is -0.806. The molecule has 1 saturated heterocycles. The third-order valence-corrected chi connectivity index (χ3v) is 7.31.